The average molecular weight is 470 g/mol. The topological polar surface area (TPSA) is 25.8 Å². The highest BCUT2D eigenvalue weighted by Gasteiger charge is 2.24. The third kappa shape index (κ3) is 2.99. The fraction of sp³-hybridized carbons (Fsp3) is 0.385. The van der Waals surface area contributed by atoms with Gasteiger partial charge in [0.15, 0.2) is 5.82 Å². The van der Waals surface area contributed by atoms with Crippen LogP contribution >= 0.6 is 61.5 Å². The summed E-state index contributed by atoms with van der Waals surface area (Å²) in [6.07, 6.45) is 5.03. The van der Waals surface area contributed by atoms with Crippen LogP contribution in [-0.4, -0.2) is 9.97 Å². The molecule has 0 N–H and O–H groups in total. The van der Waals surface area contributed by atoms with E-state index in [1.54, 1.807) is 11.3 Å². The number of halogens is 3. The van der Waals surface area contributed by atoms with Crippen LogP contribution in [0.2, 0.25) is 5.15 Å². The third-order valence-electron chi connectivity index (χ3n) is 3.37. The van der Waals surface area contributed by atoms with Gasteiger partial charge in [0.2, 0.25) is 0 Å². The zero-order valence-corrected chi connectivity index (χ0v) is 15.3. The lowest BCUT2D eigenvalue weighted by molar-refractivity contribution is 0.690. The molecule has 0 saturated heterocycles. The van der Waals surface area contributed by atoms with Crippen LogP contribution in [0.3, 0.4) is 0 Å². The largest absolute Gasteiger partial charge is 0.231 e. The van der Waals surface area contributed by atoms with Gasteiger partial charge in [0.05, 0.1) is 14.1 Å². The molecule has 1 saturated carbocycles. The van der Waals surface area contributed by atoms with Gasteiger partial charge < -0.3 is 0 Å². The molecule has 0 unspecified atom stereocenters. The van der Waals surface area contributed by atoms with E-state index in [1.807, 2.05) is 11.4 Å². The van der Waals surface area contributed by atoms with Gasteiger partial charge in [0.25, 0.3) is 0 Å². The first-order chi connectivity index (χ1) is 9.15. The first-order valence-corrected chi connectivity index (χ1v) is 9.25. The number of hydrogen-bond acceptors (Lipinski definition) is 3. The van der Waals surface area contributed by atoms with Gasteiger partial charge in [-0.05, 0) is 57.4 Å². The molecule has 3 rings (SSSR count). The summed E-state index contributed by atoms with van der Waals surface area (Å²) in [4.78, 5) is 10.3. The van der Waals surface area contributed by atoms with Crippen molar-refractivity contribution in [3.05, 3.63) is 30.3 Å². The summed E-state index contributed by atoms with van der Waals surface area (Å²) in [5.74, 6) is 1.30. The summed E-state index contributed by atoms with van der Waals surface area (Å²) in [5.41, 5.74) is 1.14. The van der Waals surface area contributed by atoms with Crippen LogP contribution in [0.5, 0.6) is 0 Å². The molecule has 0 spiro atoms. The van der Waals surface area contributed by atoms with E-state index in [9.17, 15) is 0 Å². The van der Waals surface area contributed by atoms with Crippen molar-refractivity contribution in [3.8, 4) is 10.7 Å². The zero-order valence-electron chi connectivity index (χ0n) is 10.00. The van der Waals surface area contributed by atoms with Gasteiger partial charge in [0.1, 0.15) is 5.15 Å². The Morgan fingerprint density at radius 2 is 2.05 bits per heavy atom. The molecular weight excluding hydrogens is 458 g/mol. The second-order valence-corrected chi connectivity index (χ2v) is 7.91. The molecule has 19 heavy (non-hydrogen) atoms. The maximum Gasteiger partial charge on any atom is 0.171 e. The van der Waals surface area contributed by atoms with E-state index < -0.39 is 0 Å². The number of aromatic nitrogens is 2. The van der Waals surface area contributed by atoms with Crippen LogP contribution in [0.4, 0.5) is 0 Å². The van der Waals surface area contributed by atoms with Crippen molar-refractivity contribution in [3.63, 3.8) is 0 Å². The van der Waals surface area contributed by atoms with Crippen molar-refractivity contribution in [2.75, 3.05) is 0 Å². The SMILES string of the molecule is Clc1nc(-c2cc(Br)cs2)nc(C2CCCC2)c1I. The molecule has 6 heteroatoms. The fourth-order valence-electron chi connectivity index (χ4n) is 2.45. The Labute approximate surface area is 143 Å². The van der Waals surface area contributed by atoms with Gasteiger partial charge in [-0.1, -0.05) is 24.4 Å². The predicted molar refractivity (Wildman–Crippen MR) is 92.0 cm³/mol. The Kier molecular flexibility index (Phi) is 4.46. The van der Waals surface area contributed by atoms with E-state index in [2.05, 4.69) is 43.5 Å². The Morgan fingerprint density at radius 3 is 2.68 bits per heavy atom. The van der Waals surface area contributed by atoms with E-state index in [4.69, 9.17) is 16.6 Å². The first-order valence-electron chi connectivity index (χ1n) is 6.12. The molecule has 0 amide bonds. The van der Waals surface area contributed by atoms with Crippen LogP contribution in [0.25, 0.3) is 10.7 Å². The molecule has 1 aliphatic carbocycles. The van der Waals surface area contributed by atoms with Crippen molar-refractivity contribution < 1.29 is 0 Å². The van der Waals surface area contributed by atoms with Gasteiger partial charge >= 0.3 is 0 Å². The smallest absolute Gasteiger partial charge is 0.171 e. The fourth-order valence-corrected chi connectivity index (χ4v) is 4.66. The Morgan fingerprint density at radius 1 is 1.32 bits per heavy atom. The van der Waals surface area contributed by atoms with Crippen molar-refractivity contribution in [2.45, 2.75) is 31.6 Å². The highest BCUT2D eigenvalue weighted by atomic mass is 127. The summed E-state index contributed by atoms with van der Waals surface area (Å²) >= 11 is 13.7. The van der Waals surface area contributed by atoms with Crippen molar-refractivity contribution >= 4 is 61.5 Å². The van der Waals surface area contributed by atoms with Crippen molar-refractivity contribution in [1.29, 1.82) is 0 Å². The minimum atomic E-state index is 0.551. The number of nitrogens with zero attached hydrogens (tertiary/aromatic N) is 2. The van der Waals surface area contributed by atoms with E-state index in [0.717, 1.165) is 24.4 Å². The summed E-state index contributed by atoms with van der Waals surface area (Å²) in [6.45, 7) is 0. The molecule has 0 radical (unpaired) electrons. The molecule has 2 nitrogen and oxygen atoms in total. The summed E-state index contributed by atoms with van der Waals surface area (Å²) in [5, 5.41) is 2.62. The molecule has 1 fully saturated rings. The minimum absolute atomic E-state index is 0.551. The molecule has 2 aromatic rings. The monoisotopic (exact) mass is 468 g/mol. The highest BCUT2D eigenvalue weighted by Crippen LogP contribution is 2.38. The molecule has 1 aliphatic rings. The first kappa shape index (κ1) is 14.2. The average Bonchev–Trinajstić information content (AvgIpc) is 3.03. The van der Waals surface area contributed by atoms with E-state index in [-0.39, 0.29) is 0 Å². The van der Waals surface area contributed by atoms with Crippen LogP contribution in [-0.2, 0) is 0 Å². The molecule has 0 atom stereocenters. The molecule has 2 heterocycles. The molecular formula is C13H11BrClIN2S. The summed E-state index contributed by atoms with van der Waals surface area (Å²) in [6, 6.07) is 2.04. The van der Waals surface area contributed by atoms with Crippen molar-refractivity contribution in [2.24, 2.45) is 0 Å². The Balaban J connectivity index is 2.06. The standard InChI is InChI=1S/C13H11BrClIN2S/c14-8-5-9(19-6-8)13-17-11(7-3-1-2-4-7)10(16)12(15)18-13/h5-7H,1-4H2. The number of hydrogen-bond donors (Lipinski definition) is 0. The van der Waals surface area contributed by atoms with Gasteiger partial charge in [-0.25, -0.2) is 9.97 Å². The summed E-state index contributed by atoms with van der Waals surface area (Å²) in [7, 11) is 0. The van der Waals surface area contributed by atoms with E-state index in [1.165, 1.54) is 25.7 Å². The summed E-state index contributed by atoms with van der Waals surface area (Å²) < 4.78 is 2.08. The van der Waals surface area contributed by atoms with Crippen LogP contribution in [0, 0.1) is 3.57 Å². The predicted octanol–water partition coefficient (Wildman–Crippen LogP) is 5.88. The maximum absolute atomic E-state index is 6.29. The number of rotatable bonds is 2. The number of thiophene rings is 1. The van der Waals surface area contributed by atoms with Gasteiger partial charge in [-0.3, -0.25) is 0 Å². The molecule has 100 valence electrons. The molecule has 0 bridgehead atoms. The van der Waals surface area contributed by atoms with Crippen LogP contribution in [0.15, 0.2) is 15.9 Å². The maximum atomic E-state index is 6.29. The van der Waals surface area contributed by atoms with E-state index >= 15 is 0 Å². The Hall–Kier alpha value is 0.280. The highest BCUT2D eigenvalue weighted by molar-refractivity contribution is 14.1. The third-order valence-corrected chi connectivity index (χ3v) is 6.71. The van der Waals surface area contributed by atoms with E-state index in [0.29, 0.717) is 11.1 Å². The lowest BCUT2D eigenvalue weighted by atomic mass is 10.0. The van der Waals surface area contributed by atoms with Gasteiger partial charge in [-0.15, -0.1) is 11.3 Å². The normalized spacial score (nSPS) is 16.2. The quantitative estimate of drug-likeness (QED) is 0.405. The zero-order chi connectivity index (χ0) is 13.4. The van der Waals surface area contributed by atoms with Crippen LogP contribution in [0.1, 0.15) is 37.3 Å². The lowest BCUT2D eigenvalue weighted by Gasteiger charge is -2.12. The minimum Gasteiger partial charge on any atom is -0.231 e. The second kappa shape index (κ2) is 5.95. The van der Waals surface area contributed by atoms with Gasteiger partial charge in [0, 0.05) is 15.8 Å². The van der Waals surface area contributed by atoms with Crippen molar-refractivity contribution in [1.82, 2.24) is 9.97 Å². The Bertz CT molecular complexity index is 611. The molecule has 0 aromatic carbocycles. The second-order valence-electron chi connectivity index (χ2n) is 4.65. The lowest BCUT2D eigenvalue weighted by Crippen LogP contribution is -2.04. The van der Waals surface area contributed by atoms with Gasteiger partial charge in [-0.2, -0.15) is 0 Å². The van der Waals surface area contributed by atoms with Crippen LogP contribution < -0.4 is 0 Å². The molecule has 0 aliphatic heterocycles. The molecule has 2 aromatic heterocycles.